The lowest BCUT2D eigenvalue weighted by Gasteiger charge is -2.17. The number of unbranched alkanes of at least 4 members (excludes halogenated alkanes) is 1. The Bertz CT molecular complexity index is 627. The van der Waals surface area contributed by atoms with Crippen molar-refractivity contribution in [3.63, 3.8) is 0 Å². The van der Waals surface area contributed by atoms with E-state index in [-0.39, 0.29) is 11.8 Å². The second kappa shape index (κ2) is 9.24. The molecule has 2 unspecified atom stereocenters. The first-order valence-electron chi connectivity index (χ1n) is 8.66. The second-order valence-electron chi connectivity index (χ2n) is 6.38. The van der Waals surface area contributed by atoms with Crippen LogP contribution in [0.25, 0.3) is 0 Å². The summed E-state index contributed by atoms with van der Waals surface area (Å²) in [6.07, 6.45) is 1.71. The van der Waals surface area contributed by atoms with Crippen LogP contribution in [0.4, 0.5) is 0 Å². The molecule has 1 aliphatic heterocycles. The molecule has 4 nitrogen and oxygen atoms in total. The molecule has 0 aliphatic carbocycles. The molecule has 0 aromatic heterocycles. The fourth-order valence-electron chi connectivity index (χ4n) is 3.12. The standard InChI is InChI=1S/C20H27N3O/c1-4-5-7-12-19(24)22-20(21-3)18-15-23(13-16(18)2)14-17-10-8-6-9-11-17/h6,8-11,16,18H,4-5,13-15H2,1-3H3,(H,21,22,24). The quantitative estimate of drug-likeness (QED) is 0.525. The summed E-state index contributed by atoms with van der Waals surface area (Å²) in [5.41, 5.74) is 1.31. The number of aliphatic imine (C=N–C) groups is 1. The predicted octanol–water partition coefficient (Wildman–Crippen LogP) is 2.70. The summed E-state index contributed by atoms with van der Waals surface area (Å²) in [7, 11) is 1.74. The highest BCUT2D eigenvalue weighted by molar-refractivity contribution is 6.07. The SMILES string of the molecule is CCCC#CC(=O)NC(=NC)C1CN(Cc2ccccc2)CC1C. The van der Waals surface area contributed by atoms with Crippen LogP contribution in [0.5, 0.6) is 0 Å². The van der Waals surface area contributed by atoms with Gasteiger partial charge in [0, 0.05) is 39.0 Å². The van der Waals surface area contributed by atoms with Crippen molar-refractivity contribution < 1.29 is 4.79 Å². The molecule has 1 N–H and O–H groups in total. The number of benzene rings is 1. The Morgan fingerprint density at radius 3 is 2.75 bits per heavy atom. The minimum atomic E-state index is -0.252. The highest BCUT2D eigenvalue weighted by Crippen LogP contribution is 2.25. The molecule has 1 amide bonds. The van der Waals surface area contributed by atoms with Gasteiger partial charge in [0.2, 0.25) is 0 Å². The average molecular weight is 325 g/mol. The highest BCUT2D eigenvalue weighted by atomic mass is 16.1. The molecule has 2 rings (SSSR count). The van der Waals surface area contributed by atoms with E-state index in [2.05, 4.69) is 58.2 Å². The van der Waals surface area contributed by atoms with E-state index in [0.29, 0.717) is 5.92 Å². The molecule has 0 saturated carbocycles. The van der Waals surface area contributed by atoms with Gasteiger partial charge in [-0.25, -0.2) is 0 Å². The smallest absolute Gasteiger partial charge is 0.301 e. The number of amides is 1. The van der Waals surface area contributed by atoms with E-state index < -0.39 is 0 Å². The number of likely N-dealkylation sites (tertiary alicyclic amines) is 1. The number of nitrogens with zero attached hydrogens (tertiary/aromatic N) is 2. The zero-order valence-electron chi connectivity index (χ0n) is 14.9. The van der Waals surface area contributed by atoms with Crippen molar-refractivity contribution >= 4 is 11.7 Å². The molecule has 0 bridgehead atoms. The zero-order valence-corrected chi connectivity index (χ0v) is 14.9. The Morgan fingerprint density at radius 1 is 1.33 bits per heavy atom. The van der Waals surface area contributed by atoms with E-state index in [9.17, 15) is 4.79 Å². The molecular weight excluding hydrogens is 298 g/mol. The molecule has 24 heavy (non-hydrogen) atoms. The van der Waals surface area contributed by atoms with Gasteiger partial charge in [-0.05, 0) is 23.8 Å². The van der Waals surface area contributed by atoms with E-state index in [1.807, 2.05) is 13.0 Å². The number of amidine groups is 1. The maximum absolute atomic E-state index is 11.9. The molecule has 1 aromatic carbocycles. The monoisotopic (exact) mass is 325 g/mol. The number of hydrogen-bond acceptors (Lipinski definition) is 3. The molecular formula is C20H27N3O. The van der Waals surface area contributed by atoms with Gasteiger partial charge in [-0.2, -0.15) is 0 Å². The van der Waals surface area contributed by atoms with E-state index in [0.717, 1.165) is 38.3 Å². The third-order valence-corrected chi connectivity index (χ3v) is 4.35. The van der Waals surface area contributed by atoms with Crippen LogP contribution in [0.2, 0.25) is 0 Å². The summed E-state index contributed by atoms with van der Waals surface area (Å²) in [5, 5.41) is 2.89. The van der Waals surface area contributed by atoms with Gasteiger partial charge in [0.15, 0.2) is 0 Å². The molecule has 1 saturated heterocycles. The van der Waals surface area contributed by atoms with Crippen LogP contribution in [0.1, 0.15) is 32.3 Å². The predicted molar refractivity (Wildman–Crippen MR) is 98.6 cm³/mol. The molecule has 1 aromatic rings. The van der Waals surface area contributed by atoms with Crippen LogP contribution in [0, 0.1) is 23.7 Å². The number of rotatable bonds is 4. The lowest BCUT2D eigenvalue weighted by atomic mass is 9.97. The van der Waals surface area contributed by atoms with Gasteiger partial charge in [0.1, 0.15) is 5.84 Å². The molecule has 1 fully saturated rings. The summed E-state index contributed by atoms with van der Waals surface area (Å²) in [6.45, 7) is 7.12. The van der Waals surface area contributed by atoms with E-state index in [4.69, 9.17) is 0 Å². The van der Waals surface area contributed by atoms with E-state index in [1.165, 1.54) is 5.56 Å². The Labute approximate surface area is 145 Å². The molecule has 1 heterocycles. The Morgan fingerprint density at radius 2 is 2.08 bits per heavy atom. The molecule has 4 heteroatoms. The fraction of sp³-hybridized carbons (Fsp3) is 0.500. The largest absolute Gasteiger partial charge is 0.303 e. The van der Waals surface area contributed by atoms with Crippen molar-refractivity contribution in [1.82, 2.24) is 10.2 Å². The lowest BCUT2D eigenvalue weighted by Crippen LogP contribution is -2.38. The van der Waals surface area contributed by atoms with Crippen molar-refractivity contribution in [3.05, 3.63) is 35.9 Å². The fourth-order valence-corrected chi connectivity index (χ4v) is 3.12. The van der Waals surface area contributed by atoms with E-state index >= 15 is 0 Å². The Hall–Kier alpha value is -2.12. The Kier molecular flexibility index (Phi) is 7.02. The summed E-state index contributed by atoms with van der Waals surface area (Å²) < 4.78 is 0. The van der Waals surface area contributed by atoms with Gasteiger partial charge < -0.3 is 5.32 Å². The minimum absolute atomic E-state index is 0.246. The minimum Gasteiger partial charge on any atom is -0.303 e. The van der Waals surface area contributed by atoms with Crippen LogP contribution in [-0.2, 0) is 11.3 Å². The molecule has 0 radical (unpaired) electrons. The number of carbonyl (C=O) groups is 1. The Balaban J connectivity index is 1.95. The van der Waals surface area contributed by atoms with Gasteiger partial charge in [0.05, 0.1) is 0 Å². The van der Waals surface area contributed by atoms with Crippen molar-refractivity contribution in [3.8, 4) is 11.8 Å². The van der Waals surface area contributed by atoms with Crippen LogP contribution >= 0.6 is 0 Å². The lowest BCUT2D eigenvalue weighted by molar-refractivity contribution is -0.114. The van der Waals surface area contributed by atoms with Crippen LogP contribution in [0.3, 0.4) is 0 Å². The van der Waals surface area contributed by atoms with Crippen molar-refractivity contribution in [1.29, 1.82) is 0 Å². The topological polar surface area (TPSA) is 44.7 Å². The van der Waals surface area contributed by atoms with Crippen LogP contribution in [0.15, 0.2) is 35.3 Å². The van der Waals surface area contributed by atoms with E-state index in [1.54, 1.807) is 7.05 Å². The van der Waals surface area contributed by atoms with Crippen LogP contribution in [-0.4, -0.2) is 36.8 Å². The number of hydrogen-bond donors (Lipinski definition) is 1. The maximum atomic E-state index is 11.9. The van der Waals surface area contributed by atoms with Gasteiger partial charge in [-0.3, -0.25) is 14.7 Å². The number of carbonyl (C=O) groups excluding carboxylic acids is 1. The van der Waals surface area contributed by atoms with Gasteiger partial charge in [-0.1, -0.05) is 50.1 Å². The first-order chi connectivity index (χ1) is 11.6. The van der Waals surface area contributed by atoms with Gasteiger partial charge >= 0.3 is 5.91 Å². The van der Waals surface area contributed by atoms with Crippen molar-refractivity contribution in [2.24, 2.45) is 16.8 Å². The van der Waals surface area contributed by atoms with Crippen LogP contribution < -0.4 is 5.32 Å². The maximum Gasteiger partial charge on any atom is 0.301 e. The van der Waals surface area contributed by atoms with Crippen molar-refractivity contribution in [2.45, 2.75) is 33.2 Å². The molecule has 0 spiro atoms. The third kappa shape index (κ3) is 5.21. The van der Waals surface area contributed by atoms with Gasteiger partial charge in [0.25, 0.3) is 0 Å². The summed E-state index contributed by atoms with van der Waals surface area (Å²) in [5.74, 6) is 6.73. The molecule has 1 aliphatic rings. The molecule has 2 atom stereocenters. The molecule has 128 valence electrons. The second-order valence-corrected chi connectivity index (χ2v) is 6.38. The summed E-state index contributed by atoms with van der Waals surface area (Å²) >= 11 is 0. The highest BCUT2D eigenvalue weighted by Gasteiger charge is 2.33. The number of nitrogens with one attached hydrogen (secondary N) is 1. The summed E-state index contributed by atoms with van der Waals surface area (Å²) in [6, 6.07) is 10.5. The third-order valence-electron chi connectivity index (χ3n) is 4.35. The van der Waals surface area contributed by atoms with Crippen molar-refractivity contribution in [2.75, 3.05) is 20.1 Å². The average Bonchev–Trinajstić information content (AvgIpc) is 2.94. The first-order valence-corrected chi connectivity index (χ1v) is 8.66. The first kappa shape index (κ1) is 18.2. The zero-order chi connectivity index (χ0) is 17.4. The summed E-state index contributed by atoms with van der Waals surface area (Å²) in [4.78, 5) is 18.7. The normalized spacial score (nSPS) is 21.2. The van der Waals surface area contributed by atoms with Gasteiger partial charge in [-0.15, -0.1) is 0 Å².